The highest BCUT2D eigenvalue weighted by Crippen LogP contribution is 2.33. The van der Waals surface area contributed by atoms with Gasteiger partial charge in [-0.3, -0.25) is 14.4 Å². The Labute approximate surface area is 231 Å². The van der Waals surface area contributed by atoms with Crippen LogP contribution in [0, 0.1) is 17.6 Å². The molecule has 0 N–H and O–H groups in total. The van der Waals surface area contributed by atoms with E-state index in [1.165, 1.54) is 50.6 Å². The lowest BCUT2D eigenvalue weighted by Gasteiger charge is -2.27. The van der Waals surface area contributed by atoms with Gasteiger partial charge in [-0.2, -0.15) is 0 Å². The molecule has 0 bridgehead atoms. The fourth-order valence-electron chi connectivity index (χ4n) is 4.24. The molecule has 0 radical (unpaired) electrons. The first-order chi connectivity index (χ1) is 19.1. The van der Waals surface area contributed by atoms with Gasteiger partial charge in [-0.25, -0.2) is 13.8 Å². The number of Topliss-reactive ketones (excluding diaryl/α,β-unsaturated/α-hetero) is 1. The topological polar surface area (TPSA) is 101 Å². The van der Waals surface area contributed by atoms with Crippen molar-refractivity contribution in [1.82, 2.24) is 4.98 Å². The minimum atomic E-state index is -0.814. The molecule has 0 aliphatic heterocycles. The van der Waals surface area contributed by atoms with Crippen LogP contribution < -0.4 is 9.47 Å². The summed E-state index contributed by atoms with van der Waals surface area (Å²) in [6.45, 7) is 4.19. The number of aromatic nitrogens is 1. The van der Waals surface area contributed by atoms with Crippen molar-refractivity contribution in [1.29, 1.82) is 0 Å². The van der Waals surface area contributed by atoms with Crippen LogP contribution in [0.5, 0.6) is 11.5 Å². The van der Waals surface area contributed by atoms with Gasteiger partial charge in [0.15, 0.2) is 23.0 Å². The smallest absolute Gasteiger partial charge is 0.309 e. The SMILES string of the molecule is CC[C@H](CC(=O)c1nccc(OC)c1OCOC(C)=O)C(=O)O[C@@H](C)C(c1ccc(F)cc1)c1ccc(F)cc1. The first-order valence-electron chi connectivity index (χ1n) is 12.7. The van der Waals surface area contributed by atoms with Crippen molar-refractivity contribution in [2.45, 2.75) is 45.6 Å². The molecular weight excluding hydrogens is 524 g/mol. The summed E-state index contributed by atoms with van der Waals surface area (Å²) in [5.41, 5.74) is 1.27. The maximum atomic E-state index is 13.6. The van der Waals surface area contributed by atoms with Crippen LogP contribution in [-0.4, -0.2) is 42.7 Å². The second-order valence-corrected chi connectivity index (χ2v) is 9.04. The van der Waals surface area contributed by atoms with Gasteiger partial charge >= 0.3 is 11.9 Å². The summed E-state index contributed by atoms with van der Waals surface area (Å²) in [7, 11) is 1.38. The molecule has 0 unspecified atom stereocenters. The minimum absolute atomic E-state index is 0.0134. The maximum Gasteiger partial charge on any atom is 0.309 e. The van der Waals surface area contributed by atoms with E-state index < -0.39 is 54.1 Å². The second kappa shape index (κ2) is 14.2. The van der Waals surface area contributed by atoms with Gasteiger partial charge in [0.1, 0.15) is 17.7 Å². The summed E-state index contributed by atoms with van der Waals surface area (Å²) in [6, 6.07) is 13.0. The van der Waals surface area contributed by atoms with E-state index in [0.29, 0.717) is 17.5 Å². The number of pyridine rings is 1. The highest BCUT2D eigenvalue weighted by atomic mass is 19.1. The Kier molecular flexibility index (Phi) is 10.7. The molecule has 212 valence electrons. The minimum Gasteiger partial charge on any atom is -0.493 e. The predicted molar refractivity (Wildman–Crippen MR) is 141 cm³/mol. The molecule has 0 fully saturated rings. The maximum absolute atomic E-state index is 13.6. The van der Waals surface area contributed by atoms with Gasteiger partial charge in [0, 0.05) is 31.5 Å². The van der Waals surface area contributed by atoms with E-state index in [4.69, 9.17) is 18.9 Å². The quantitative estimate of drug-likeness (QED) is 0.152. The number of rotatable bonds is 13. The van der Waals surface area contributed by atoms with Crippen LogP contribution in [0.4, 0.5) is 8.78 Å². The number of hydrogen-bond donors (Lipinski definition) is 0. The average Bonchev–Trinajstić information content (AvgIpc) is 2.93. The van der Waals surface area contributed by atoms with Crippen LogP contribution in [-0.2, 0) is 19.1 Å². The van der Waals surface area contributed by atoms with Gasteiger partial charge in [0.25, 0.3) is 0 Å². The fraction of sp³-hybridized carbons (Fsp3) is 0.333. The van der Waals surface area contributed by atoms with Gasteiger partial charge in [-0.1, -0.05) is 31.2 Å². The number of nitrogens with zero attached hydrogens (tertiary/aromatic N) is 1. The number of halogens is 2. The van der Waals surface area contributed by atoms with Crippen LogP contribution in [0.1, 0.15) is 61.1 Å². The van der Waals surface area contributed by atoms with Crippen molar-refractivity contribution >= 4 is 17.7 Å². The van der Waals surface area contributed by atoms with Crippen molar-refractivity contribution in [3.63, 3.8) is 0 Å². The van der Waals surface area contributed by atoms with Crippen molar-refractivity contribution in [3.8, 4) is 11.5 Å². The third-order valence-corrected chi connectivity index (χ3v) is 6.31. The standard InChI is InChI=1S/C30H31F2NO7/c1-5-20(16-25(35)28-29(39-17-38-19(3)34)26(37-4)14-15-33-28)30(36)40-18(2)27(21-6-10-23(31)11-7-21)22-8-12-24(32)13-9-22/h6-15,18,20,27H,5,16-17H2,1-4H3/t18-,20+/m0/s1. The molecule has 0 spiro atoms. The number of carbonyl (C=O) groups excluding carboxylic acids is 3. The van der Waals surface area contributed by atoms with E-state index in [0.717, 1.165) is 0 Å². The van der Waals surface area contributed by atoms with E-state index in [1.807, 2.05) is 0 Å². The van der Waals surface area contributed by atoms with E-state index in [9.17, 15) is 23.2 Å². The number of ketones is 1. The molecule has 3 aromatic rings. The van der Waals surface area contributed by atoms with Crippen LogP contribution in [0.25, 0.3) is 0 Å². The third kappa shape index (κ3) is 7.84. The Balaban J connectivity index is 1.79. The summed E-state index contributed by atoms with van der Waals surface area (Å²) >= 11 is 0. The molecule has 0 saturated carbocycles. The van der Waals surface area contributed by atoms with Gasteiger partial charge in [-0.05, 0) is 48.7 Å². The first-order valence-corrected chi connectivity index (χ1v) is 12.7. The Morgan fingerprint density at radius 2 is 1.50 bits per heavy atom. The van der Waals surface area contributed by atoms with Crippen molar-refractivity contribution < 1.29 is 42.1 Å². The molecule has 1 heterocycles. The van der Waals surface area contributed by atoms with Gasteiger partial charge < -0.3 is 18.9 Å². The molecule has 2 atom stereocenters. The number of hydrogen-bond acceptors (Lipinski definition) is 8. The van der Waals surface area contributed by atoms with Gasteiger partial charge in [-0.15, -0.1) is 0 Å². The summed E-state index contributed by atoms with van der Waals surface area (Å²) in [5, 5.41) is 0. The molecule has 0 amide bonds. The normalized spacial score (nSPS) is 12.4. The molecule has 3 rings (SSSR count). The zero-order chi connectivity index (χ0) is 29.2. The predicted octanol–water partition coefficient (Wildman–Crippen LogP) is 5.63. The molecule has 0 saturated heterocycles. The molecule has 40 heavy (non-hydrogen) atoms. The zero-order valence-electron chi connectivity index (χ0n) is 22.7. The van der Waals surface area contributed by atoms with E-state index in [1.54, 1.807) is 38.1 Å². The lowest BCUT2D eigenvalue weighted by Crippen LogP contribution is -2.29. The van der Waals surface area contributed by atoms with Crippen LogP contribution in [0.15, 0.2) is 60.8 Å². The Morgan fingerprint density at radius 3 is 2.00 bits per heavy atom. The first kappa shape index (κ1) is 30.2. The Morgan fingerprint density at radius 1 is 0.925 bits per heavy atom. The Hall–Kier alpha value is -4.34. The lowest BCUT2D eigenvalue weighted by atomic mass is 9.87. The highest BCUT2D eigenvalue weighted by molar-refractivity contribution is 5.99. The molecule has 0 aliphatic carbocycles. The molecule has 2 aromatic carbocycles. The van der Waals surface area contributed by atoms with Crippen molar-refractivity contribution in [2.24, 2.45) is 5.92 Å². The second-order valence-electron chi connectivity index (χ2n) is 9.04. The van der Waals surface area contributed by atoms with E-state index in [-0.39, 0.29) is 23.6 Å². The summed E-state index contributed by atoms with van der Waals surface area (Å²) < 4.78 is 48.5. The molecule has 0 aliphatic rings. The number of methoxy groups -OCH3 is 1. The summed E-state index contributed by atoms with van der Waals surface area (Å²) in [6.07, 6.45) is 0.694. The largest absolute Gasteiger partial charge is 0.493 e. The molecule has 8 nitrogen and oxygen atoms in total. The molecule has 10 heteroatoms. The average molecular weight is 556 g/mol. The van der Waals surface area contributed by atoms with Crippen LogP contribution in [0.3, 0.4) is 0 Å². The molecule has 1 aromatic heterocycles. The number of benzene rings is 2. The van der Waals surface area contributed by atoms with Crippen molar-refractivity contribution in [2.75, 3.05) is 13.9 Å². The summed E-state index contributed by atoms with van der Waals surface area (Å²) in [4.78, 5) is 41.7. The monoisotopic (exact) mass is 555 g/mol. The number of carbonyl (C=O) groups is 3. The lowest BCUT2D eigenvalue weighted by molar-refractivity contribution is -0.154. The Bertz CT molecular complexity index is 1270. The number of esters is 2. The fourth-order valence-corrected chi connectivity index (χ4v) is 4.24. The third-order valence-electron chi connectivity index (χ3n) is 6.31. The van der Waals surface area contributed by atoms with E-state index in [2.05, 4.69) is 4.98 Å². The summed E-state index contributed by atoms with van der Waals surface area (Å²) in [5.74, 6) is -3.65. The van der Waals surface area contributed by atoms with Gasteiger partial charge in [0.2, 0.25) is 6.79 Å². The van der Waals surface area contributed by atoms with Gasteiger partial charge in [0.05, 0.1) is 13.0 Å². The number of ether oxygens (including phenoxy) is 4. The van der Waals surface area contributed by atoms with Crippen LogP contribution in [0.2, 0.25) is 0 Å². The van der Waals surface area contributed by atoms with Crippen molar-refractivity contribution in [3.05, 3.63) is 89.2 Å². The molecular formula is C30H31F2NO7. The van der Waals surface area contributed by atoms with E-state index >= 15 is 0 Å². The van der Waals surface area contributed by atoms with Crippen LogP contribution >= 0.6 is 0 Å². The zero-order valence-corrected chi connectivity index (χ0v) is 22.7. The highest BCUT2D eigenvalue weighted by Gasteiger charge is 2.30.